The van der Waals surface area contributed by atoms with Crippen LogP contribution in [0.2, 0.25) is 0 Å². The van der Waals surface area contributed by atoms with Gasteiger partial charge in [0, 0.05) is 6.54 Å². The van der Waals surface area contributed by atoms with Gasteiger partial charge in [0.05, 0.1) is 18.1 Å². The Balaban J connectivity index is 4.38. The molecule has 0 saturated heterocycles. The number of amides is 1. The summed E-state index contributed by atoms with van der Waals surface area (Å²) in [6, 6.07) is 0. The summed E-state index contributed by atoms with van der Waals surface area (Å²) in [5.74, 6) is -0.0988. The summed E-state index contributed by atoms with van der Waals surface area (Å²) in [6.07, 6.45) is 1.51. The molecule has 0 aromatic heterocycles. The Kier molecular flexibility index (Phi) is 9.02. The van der Waals surface area contributed by atoms with Crippen molar-refractivity contribution in [3.63, 3.8) is 0 Å². The van der Waals surface area contributed by atoms with Crippen LogP contribution < -0.4 is 5.32 Å². The van der Waals surface area contributed by atoms with Gasteiger partial charge in [-0.15, -0.1) is 0 Å². The van der Waals surface area contributed by atoms with Crippen LogP contribution >= 0.6 is 0 Å². The minimum Gasteiger partial charge on any atom is -0.393 e. The van der Waals surface area contributed by atoms with Crippen molar-refractivity contribution in [2.24, 2.45) is 11.8 Å². The van der Waals surface area contributed by atoms with Crippen molar-refractivity contribution in [2.75, 3.05) is 6.54 Å². The molecule has 4 heteroatoms. The molecular weight excluding hydrogens is 230 g/mol. The Morgan fingerprint density at radius 1 is 1.11 bits per heavy atom. The molecule has 0 spiro atoms. The Morgan fingerprint density at radius 2 is 1.72 bits per heavy atom. The summed E-state index contributed by atoms with van der Waals surface area (Å²) in [6.45, 7) is 8.39. The Morgan fingerprint density at radius 3 is 2.17 bits per heavy atom. The zero-order chi connectivity index (χ0) is 14.1. The van der Waals surface area contributed by atoms with Crippen molar-refractivity contribution in [3.8, 4) is 0 Å². The summed E-state index contributed by atoms with van der Waals surface area (Å²) >= 11 is 0. The third-order valence-electron chi connectivity index (χ3n) is 2.97. The lowest BCUT2D eigenvalue weighted by Gasteiger charge is -2.23. The molecule has 0 bridgehead atoms. The lowest BCUT2D eigenvalue weighted by Crippen LogP contribution is -2.39. The zero-order valence-electron chi connectivity index (χ0n) is 12.1. The fraction of sp³-hybridized carbons (Fsp3) is 0.929. The fourth-order valence-corrected chi connectivity index (χ4v) is 1.85. The molecule has 4 nitrogen and oxygen atoms in total. The molecule has 0 unspecified atom stereocenters. The van der Waals surface area contributed by atoms with Gasteiger partial charge >= 0.3 is 0 Å². The van der Waals surface area contributed by atoms with Gasteiger partial charge in [0.1, 0.15) is 0 Å². The molecule has 18 heavy (non-hydrogen) atoms. The average Bonchev–Trinajstić information content (AvgIpc) is 2.26. The quantitative estimate of drug-likeness (QED) is 0.590. The van der Waals surface area contributed by atoms with Crippen LogP contribution in [0, 0.1) is 11.8 Å². The van der Waals surface area contributed by atoms with Gasteiger partial charge in [0.15, 0.2) is 0 Å². The van der Waals surface area contributed by atoms with Crippen molar-refractivity contribution >= 4 is 5.91 Å². The SMILES string of the molecule is CCC[C@H](O)[C@H](CC[C@H](C)O)C(=O)NCC(C)C. The summed E-state index contributed by atoms with van der Waals surface area (Å²) < 4.78 is 0. The van der Waals surface area contributed by atoms with Crippen LogP contribution in [-0.2, 0) is 4.79 Å². The third kappa shape index (κ3) is 7.67. The van der Waals surface area contributed by atoms with Gasteiger partial charge in [-0.3, -0.25) is 4.79 Å². The van der Waals surface area contributed by atoms with E-state index < -0.39 is 18.1 Å². The predicted octanol–water partition coefficient (Wildman–Crippen LogP) is 1.70. The monoisotopic (exact) mass is 259 g/mol. The van der Waals surface area contributed by atoms with Crippen LogP contribution in [0.15, 0.2) is 0 Å². The molecule has 0 aromatic rings. The largest absolute Gasteiger partial charge is 0.393 e. The van der Waals surface area contributed by atoms with Crippen LogP contribution in [0.25, 0.3) is 0 Å². The van der Waals surface area contributed by atoms with E-state index in [1.54, 1.807) is 6.92 Å². The van der Waals surface area contributed by atoms with Crippen LogP contribution in [0.5, 0.6) is 0 Å². The second kappa shape index (κ2) is 9.34. The van der Waals surface area contributed by atoms with E-state index in [0.717, 1.165) is 6.42 Å². The first-order valence-corrected chi connectivity index (χ1v) is 7.02. The number of carbonyl (C=O) groups excluding carboxylic acids is 1. The normalized spacial score (nSPS) is 16.4. The molecule has 0 aliphatic rings. The van der Waals surface area contributed by atoms with Crippen LogP contribution in [0.4, 0.5) is 0 Å². The molecule has 108 valence electrons. The van der Waals surface area contributed by atoms with Crippen molar-refractivity contribution < 1.29 is 15.0 Å². The maximum absolute atomic E-state index is 12.0. The van der Waals surface area contributed by atoms with E-state index in [-0.39, 0.29) is 5.91 Å². The van der Waals surface area contributed by atoms with Crippen LogP contribution in [0.3, 0.4) is 0 Å². The number of aliphatic hydroxyl groups is 2. The second-order valence-corrected chi connectivity index (χ2v) is 5.53. The molecule has 0 aromatic carbocycles. The highest BCUT2D eigenvalue weighted by Crippen LogP contribution is 2.17. The molecule has 0 rings (SSSR count). The lowest BCUT2D eigenvalue weighted by molar-refractivity contribution is -0.129. The number of hydrogen-bond acceptors (Lipinski definition) is 3. The predicted molar refractivity (Wildman–Crippen MR) is 73.2 cm³/mol. The van der Waals surface area contributed by atoms with Gasteiger partial charge in [-0.05, 0) is 32.1 Å². The number of rotatable bonds is 9. The minimum atomic E-state index is -0.610. The number of carbonyl (C=O) groups is 1. The molecule has 3 N–H and O–H groups in total. The third-order valence-corrected chi connectivity index (χ3v) is 2.97. The van der Waals surface area contributed by atoms with Crippen LogP contribution in [-0.4, -0.2) is 34.9 Å². The van der Waals surface area contributed by atoms with Crippen molar-refractivity contribution in [1.29, 1.82) is 0 Å². The van der Waals surface area contributed by atoms with E-state index in [1.807, 2.05) is 20.8 Å². The highest BCUT2D eigenvalue weighted by Gasteiger charge is 2.26. The van der Waals surface area contributed by atoms with E-state index in [9.17, 15) is 15.0 Å². The average molecular weight is 259 g/mol. The molecule has 0 aliphatic carbocycles. The zero-order valence-corrected chi connectivity index (χ0v) is 12.1. The van der Waals surface area contributed by atoms with Crippen molar-refractivity contribution in [1.82, 2.24) is 5.32 Å². The molecule has 0 saturated carbocycles. The number of nitrogens with one attached hydrogen (secondary N) is 1. The first-order chi connectivity index (χ1) is 8.38. The first-order valence-electron chi connectivity index (χ1n) is 7.02. The van der Waals surface area contributed by atoms with Gasteiger partial charge in [-0.2, -0.15) is 0 Å². The molecule has 1 amide bonds. The maximum atomic E-state index is 12.0. The van der Waals surface area contributed by atoms with E-state index in [0.29, 0.717) is 31.7 Å². The molecule has 0 heterocycles. The molecular formula is C14H29NO3. The highest BCUT2D eigenvalue weighted by atomic mass is 16.3. The molecule has 0 fully saturated rings. The summed E-state index contributed by atoms with van der Waals surface area (Å²) in [5.41, 5.74) is 0. The molecule has 0 aliphatic heterocycles. The van der Waals surface area contributed by atoms with Crippen molar-refractivity contribution in [2.45, 2.75) is 65.6 Å². The van der Waals surface area contributed by atoms with E-state index in [2.05, 4.69) is 5.32 Å². The maximum Gasteiger partial charge on any atom is 0.225 e. The minimum absolute atomic E-state index is 0.0923. The second-order valence-electron chi connectivity index (χ2n) is 5.53. The van der Waals surface area contributed by atoms with Crippen LogP contribution in [0.1, 0.15) is 53.4 Å². The van der Waals surface area contributed by atoms with Crippen molar-refractivity contribution in [3.05, 3.63) is 0 Å². The smallest absolute Gasteiger partial charge is 0.225 e. The molecule has 0 radical (unpaired) electrons. The fourth-order valence-electron chi connectivity index (χ4n) is 1.85. The lowest BCUT2D eigenvalue weighted by atomic mass is 9.91. The Labute approximate surface area is 111 Å². The van der Waals surface area contributed by atoms with Gasteiger partial charge < -0.3 is 15.5 Å². The highest BCUT2D eigenvalue weighted by molar-refractivity contribution is 5.79. The van der Waals surface area contributed by atoms with Gasteiger partial charge in [0.2, 0.25) is 5.91 Å². The Bertz CT molecular complexity index is 229. The number of hydrogen-bond donors (Lipinski definition) is 3. The number of aliphatic hydroxyl groups excluding tert-OH is 2. The summed E-state index contributed by atoms with van der Waals surface area (Å²) in [7, 11) is 0. The topological polar surface area (TPSA) is 69.6 Å². The Hall–Kier alpha value is -0.610. The van der Waals surface area contributed by atoms with E-state index >= 15 is 0 Å². The van der Waals surface area contributed by atoms with Gasteiger partial charge in [-0.25, -0.2) is 0 Å². The summed E-state index contributed by atoms with van der Waals surface area (Å²) in [5, 5.41) is 22.2. The van der Waals surface area contributed by atoms with Gasteiger partial charge in [-0.1, -0.05) is 27.2 Å². The van der Waals surface area contributed by atoms with E-state index in [1.165, 1.54) is 0 Å². The van der Waals surface area contributed by atoms with Gasteiger partial charge in [0.25, 0.3) is 0 Å². The van der Waals surface area contributed by atoms with E-state index in [4.69, 9.17) is 0 Å². The standard InChI is InChI=1S/C14H29NO3/c1-5-6-13(17)12(8-7-11(4)16)14(18)15-9-10(2)3/h10-13,16-17H,5-9H2,1-4H3,(H,15,18)/t11-,12-,13-/m0/s1. The summed E-state index contributed by atoms with van der Waals surface area (Å²) in [4.78, 5) is 12.0. The molecule has 3 atom stereocenters. The first kappa shape index (κ1) is 17.4.